The summed E-state index contributed by atoms with van der Waals surface area (Å²) in [5, 5.41) is 7.78. The van der Waals surface area contributed by atoms with Crippen molar-refractivity contribution in [1.29, 1.82) is 0 Å². The van der Waals surface area contributed by atoms with E-state index in [0.29, 0.717) is 29.4 Å². The Bertz CT molecular complexity index is 684. The van der Waals surface area contributed by atoms with Crippen LogP contribution in [0, 0.1) is 0 Å². The van der Waals surface area contributed by atoms with E-state index in [9.17, 15) is 9.59 Å². The summed E-state index contributed by atoms with van der Waals surface area (Å²) in [6, 6.07) is 6.62. The summed E-state index contributed by atoms with van der Waals surface area (Å²) in [5.41, 5.74) is 1.09. The van der Waals surface area contributed by atoms with Gasteiger partial charge in [-0.1, -0.05) is 6.08 Å². The Balaban J connectivity index is 1.88. The maximum Gasteiger partial charge on any atom is 0.257 e. The molecule has 0 aliphatic carbocycles. The van der Waals surface area contributed by atoms with Crippen LogP contribution in [0.1, 0.15) is 23.7 Å². The summed E-state index contributed by atoms with van der Waals surface area (Å²) in [6.45, 7) is 5.74. The van der Waals surface area contributed by atoms with Gasteiger partial charge in [-0.25, -0.2) is 4.98 Å². The van der Waals surface area contributed by atoms with Gasteiger partial charge in [0.1, 0.15) is 6.10 Å². The zero-order valence-corrected chi connectivity index (χ0v) is 14.1. The molecule has 2 rings (SSSR count). The molecule has 0 saturated heterocycles. The lowest BCUT2D eigenvalue weighted by molar-refractivity contribution is -0.126. The highest BCUT2D eigenvalue weighted by Crippen LogP contribution is 2.14. The van der Waals surface area contributed by atoms with Crippen molar-refractivity contribution < 1.29 is 14.3 Å². The Labute approximate surface area is 144 Å². The van der Waals surface area contributed by atoms with Crippen molar-refractivity contribution in [1.82, 2.24) is 4.98 Å². The van der Waals surface area contributed by atoms with Crippen molar-refractivity contribution in [3.05, 3.63) is 54.1 Å². The molecular weight excluding hydrogens is 326 g/mol. The Morgan fingerprint density at radius 2 is 2.08 bits per heavy atom. The lowest BCUT2D eigenvalue weighted by atomic mass is 10.2. The molecule has 1 heterocycles. The van der Waals surface area contributed by atoms with Crippen LogP contribution in [0.15, 0.2) is 48.5 Å². The molecule has 2 N–H and O–H groups in total. The monoisotopic (exact) mass is 345 g/mol. The van der Waals surface area contributed by atoms with Gasteiger partial charge in [0.05, 0.1) is 6.61 Å². The van der Waals surface area contributed by atoms with E-state index < -0.39 is 6.10 Å². The van der Waals surface area contributed by atoms with Gasteiger partial charge in [0.25, 0.3) is 11.8 Å². The zero-order chi connectivity index (χ0) is 17.4. The summed E-state index contributed by atoms with van der Waals surface area (Å²) < 4.78 is 5.38. The van der Waals surface area contributed by atoms with Gasteiger partial charge >= 0.3 is 0 Å². The molecule has 126 valence electrons. The molecule has 0 aliphatic heterocycles. The summed E-state index contributed by atoms with van der Waals surface area (Å²) in [5.74, 6) is -0.483. The van der Waals surface area contributed by atoms with E-state index in [0.717, 1.165) is 0 Å². The van der Waals surface area contributed by atoms with E-state index in [1.807, 2.05) is 0 Å². The molecule has 1 atom stereocenters. The highest BCUT2D eigenvalue weighted by Gasteiger charge is 2.13. The summed E-state index contributed by atoms with van der Waals surface area (Å²) in [4.78, 5) is 28.0. The van der Waals surface area contributed by atoms with Gasteiger partial charge < -0.3 is 10.1 Å². The van der Waals surface area contributed by atoms with Crippen molar-refractivity contribution in [3.8, 4) is 0 Å². The fourth-order valence-corrected chi connectivity index (χ4v) is 2.33. The number of thiazole rings is 1. The van der Waals surface area contributed by atoms with Crippen molar-refractivity contribution in [2.45, 2.75) is 19.4 Å². The fourth-order valence-electron chi connectivity index (χ4n) is 1.81. The van der Waals surface area contributed by atoms with Gasteiger partial charge in [0, 0.05) is 22.8 Å². The molecule has 1 aromatic carbocycles. The van der Waals surface area contributed by atoms with E-state index in [-0.39, 0.29) is 11.8 Å². The molecule has 0 saturated carbocycles. The molecular formula is C17H19N3O3S. The molecule has 24 heavy (non-hydrogen) atoms. The summed E-state index contributed by atoms with van der Waals surface area (Å²) in [7, 11) is 0. The van der Waals surface area contributed by atoms with Crippen molar-refractivity contribution >= 4 is 34.0 Å². The number of ether oxygens (including phenoxy) is 1. The van der Waals surface area contributed by atoms with E-state index in [1.54, 1.807) is 48.8 Å². The number of aromatic nitrogens is 1. The zero-order valence-electron chi connectivity index (χ0n) is 13.3. The molecule has 0 radical (unpaired) electrons. The Morgan fingerprint density at radius 1 is 1.33 bits per heavy atom. The van der Waals surface area contributed by atoms with Crippen LogP contribution >= 0.6 is 11.3 Å². The van der Waals surface area contributed by atoms with E-state index in [4.69, 9.17) is 4.74 Å². The second-order valence-electron chi connectivity index (χ2n) is 4.95. The first-order valence-electron chi connectivity index (χ1n) is 7.44. The van der Waals surface area contributed by atoms with Crippen LogP contribution in [0.25, 0.3) is 0 Å². The number of anilines is 2. The predicted molar refractivity (Wildman–Crippen MR) is 95.4 cm³/mol. The Kier molecular flexibility index (Phi) is 6.65. The van der Waals surface area contributed by atoms with Crippen LogP contribution in [0.5, 0.6) is 0 Å². The molecule has 2 aromatic rings. The summed E-state index contributed by atoms with van der Waals surface area (Å²) >= 11 is 1.35. The number of carbonyl (C=O) groups is 2. The second-order valence-corrected chi connectivity index (χ2v) is 5.84. The minimum atomic E-state index is -0.558. The molecule has 1 aromatic heterocycles. The lowest BCUT2D eigenvalue weighted by Gasteiger charge is -2.13. The van der Waals surface area contributed by atoms with Crippen LogP contribution in [0.4, 0.5) is 10.8 Å². The van der Waals surface area contributed by atoms with Crippen LogP contribution < -0.4 is 10.6 Å². The van der Waals surface area contributed by atoms with Crippen molar-refractivity contribution in [2.75, 3.05) is 17.2 Å². The highest BCUT2D eigenvalue weighted by atomic mass is 32.1. The van der Waals surface area contributed by atoms with Crippen molar-refractivity contribution in [2.24, 2.45) is 0 Å². The maximum absolute atomic E-state index is 12.0. The van der Waals surface area contributed by atoms with Gasteiger partial charge in [0.15, 0.2) is 5.13 Å². The molecule has 0 bridgehead atoms. The number of carbonyl (C=O) groups excluding carboxylic acids is 2. The third-order valence-electron chi connectivity index (χ3n) is 3.13. The number of benzene rings is 1. The third kappa shape index (κ3) is 5.29. The van der Waals surface area contributed by atoms with Crippen LogP contribution in [0.3, 0.4) is 0 Å². The molecule has 1 unspecified atom stereocenters. The average Bonchev–Trinajstić information content (AvgIpc) is 3.08. The first-order valence-corrected chi connectivity index (χ1v) is 8.32. The normalized spacial score (nSPS) is 11.5. The molecule has 7 heteroatoms. The minimum absolute atomic E-state index is 0.237. The van der Waals surface area contributed by atoms with E-state index in [2.05, 4.69) is 22.2 Å². The third-order valence-corrected chi connectivity index (χ3v) is 3.81. The Morgan fingerprint density at radius 3 is 2.71 bits per heavy atom. The first kappa shape index (κ1) is 17.8. The molecule has 0 aliphatic rings. The first-order chi connectivity index (χ1) is 11.6. The summed E-state index contributed by atoms with van der Waals surface area (Å²) in [6.07, 6.45) is 3.50. The molecule has 0 fully saturated rings. The number of amides is 2. The van der Waals surface area contributed by atoms with Crippen LogP contribution in [-0.2, 0) is 9.53 Å². The molecule has 2 amide bonds. The van der Waals surface area contributed by atoms with Gasteiger partial charge in [-0.3, -0.25) is 14.9 Å². The molecule has 6 nitrogen and oxygen atoms in total. The average molecular weight is 345 g/mol. The van der Waals surface area contributed by atoms with Gasteiger partial charge in [-0.2, -0.15) is 0 Å². The van der Waals surface area contributed by atoms with Crippen LogP contribution in [-0.4, -0.2) is 29.5 Å². The van der Waals surface area contributed by atoms with Gasteiger partial charge in [-0.15, -0.1) is 17.9 Å². The quantitative estimate of drug-likeness (QED) is 0.568. The number of nitrogens with one attached hydrogen (secondary N) is 2. The Hall–Kier alpha value is -2.51. The maximum atomic E-state index is 12.0. The topological polar surface area (TPSA) is 80.3 Å². The number of rotatable bonds is 8. The predicted octanol–water partition coefficient (Wildman–Crippen LogP) is 3.32. The van der Waals surface area contributed by atoms with E-state index in [1.165, 1.54) is 11.3 Å². The SMILES string of the molecule is C=CCCOC(C)C(=O)Nc1ccc(C(=O)Nc2nccs2)cc1. The van der Waals surface area contributed by atoms with E-state index >= 15 is 0 Å². The standard InChI is InChI=1S/C17H19N3O3S/c1-3-4-10-23-12(2)15(21)19-14-7-5-13(6-8-14)16(22)20-17-18-9-11-24-17/h3,5-9,11-12H,1,4,10H2,2H3,(H,19,21)(H,18,20,22). The minimum Gasteiger partial charge on any atom is -0.368 e. The largest absolute Gasteiger partial charge is 0.368 e. The molecule has 0 spiro atoms. The van der Waals surface area contributed by atoms with Gasteiger partial charge in [0.2, 0.25) is 0 Å². The number of hydrogen-bond acceptors (Lipinski definition) is 5. The van der Waals surface area contributed by atoms with Crippen molar-refractivity contribution in [3.63, 3.8) is 0 Å². The fraction of sp³-hybridized carbons (Fsp3) is 0.235. The number of hydrogen-bond donors (Lipinski definition) is 2. The second kappa shape index (κ2) is 8.95. The lowest BCUT2D eigenvalue weighted by Crippen LogP contribution is -2.28. The highest BCUT2D eigenvalue weighted by molar-refractivity contribution is 7.13. The van der Waals surface area contributed by atoms with Gasteiger partial charge in [-0.05, 0) is 37.6 Å². The number of nitrogens with zero attached hydrogens (tertiary/aromatic N) is 1. The smallest absolute Gasteiger partial charge is 0.257 e. The van der Waals surface area contributed by atoms with Crippen LogP contribution in [0.2, 0.25) is 0 Å².